The van der Waals surface area contributed by atoms with Crippen molar-refractivity contribution in [3.63, 3.8) is 0 Å². The molecule has 6 rings (SSSR count). The number of halogens is 1. The lowest BCUT2D eigenvalue weighted by molar-refractivity contribution is -0.384. The van der Waals surface area contributed by atoms with Crippen LogP contribution in [0.1, 0.15) is 43.5 Å². The number of para-hydroxylation sites is 1. The number of nitrogens with zero attached hydrogens (tertiary/aromatic N) is 4. The van der Waals surface area contributed by atoms with Crippen molar-refractivity contribution in [2.24, 2.45) is 4.99 Å². The molecule has 234 valence electrons. The van der Waals surface area contributed by atoms with Crippen LogP contribution in [0.15, 0.2) is 98.5 Å². The molecule has 0 fully saturated rings. The quantitative estimate of drug-likeness (QED) is 0.114. The fourth-order valence-corrected chi connectivity index (χ4v) is 7.07. The smallest absolute Gasteiger partial charge is 0.338 e. The molecule has 0 aliphatic carbocycles. The van der Waals surface area contributed by atoms with E-state index in [2.05, 4.69) is 20.5 Å². The number of hydrogen-bond donors (Lipinski definition) is 0. The van der Waals surface area contributed by atoms with Gasteiger partial charge in [-0.2, -0.15) is 0 Å². The standard InChI is InChI=1S/C34H29BrN4O6S/c1-19(2)45-33(41)30-20(3)36-34-38(31(30)26-16-23(35)11-14-28(26)44-4)32(40)29(46-34)15-22-18-37(27-8-6-5-7-25(22)27)17-21-9-12-24(13-10-21)39(42)43/h5-16,18-19,31H,17H2,1-4H3/b29-15-/t31-/m1/s1. The number of methoxy groups -OCH3 is 1. The monoisotopic (exact) mass is 700 g/mol. The van der Waals surface area contributed by atoms with Gasteiger partial charge in [-0.15, -0.1) is 0 Å². The number of esters is 1. The first kappa shape index (κ1) is 31.2. The molecule has 0 amide bonds. The Morgan fingerprint density at radius 2 is 1.89 bits per heavy atom. The third kappa shape index (κ3) is 5.81. The number of rotatable bonds is 8. The maximum Gasteiger partial charge on any atom is 0.338 e. The van der Waals surface area contributed by atoms with Crippen LogP contribution in [0.5, 0.6) is 5.75 Å². The van der Waals surface area contributed by atoms with Crippen molar-refractivity contribution in [3.05, 3.63) is 135 Å². The molecule has 3 aromatic carbocycles. The molecule has 10 nitrogen and oxygen atoms in total. The van der Waals surface area contributed by atoms with E-state index >= 15 is 0 Å². The van der Waals surface area contributed by atoms with Crippen LogP contribution in [0.2, 0.25) is 0 Å². The molecule has 0 saturated carbocycles. The van der Waals surface area contributed by atoms with E-state index in [4.69, 9.17) is 14.5 Å². The number of nitro groups is 1. The number of benzene rings is 3. The average Bonchev–Trinajstić information content (AvgIpc) is 3.52. The normalized spacial score (nSPS) is 14.8. The molecular weight excluding hydrogens is 672 g/mol. The average molecular weight is 702 g/mol. The topological polar surface area (TPSA) is 118 Å². The molecule has 2 aromatic heterocycles. The van der Waals surface area contributed by atoms with Gasteiger partial charge < -0.3 is 14.0 Å². The number of fused-ring (bicyclic) bond motifs is 2. The number of non-ortho nitro benzene ring substituents is 1. The Morgan fingerprint density at radius 3 is 2.59 bits per heavy atom. The Kier molecular flexibility index (Phi) is 8.49. The van der Waals surface area contributed by atoms with Crippen molar-refractivity contribution < 1.29 is 19.2 Å². The third-order valence-electron chi connectivity index (χ3n) is 7.68. The molecule has 1 atom stereocenters. The summed E-state index contributed by atoms with van der Waals surface area (Å²) in [7, 11) is 1.55. The molecule has 5 aromatic rings. The molecular formula is C34H29BrN4O6S. The molecule has 3 heterocycles. The van der Waals surface area contributed by atoms with Crippen molar-refractivity contribution in [2.75, 3.05) is 7.11 Å². The number of allylic oxidation sites excluding steroid dienone is 1. The first-order valence-electron chi connectivity index (χ1n) is 14.4. The molecule has 0 N–H and O–H groups in total. The Morgan fingerprint density at radius 1 is 1.15 bits per heavy atom. The molecule has 0 bridgehead atoms. The number of ether oxygens (including phenoxy) is 2. The molecule has 0 radical (unpaired) electrons. The van der Waals surface area contributed by atoms with Gasteiger partial charge in [-0.25, -0.2) is 9.79 Å². The van der Waals surface area contributed by atoms with Gasteiger partial charge in [0.2, 0.25) is 0 Å². The Bertz CT molecular complexity index is 2230. The number of carbonyl (C=O) groups is 1. The first-order chi connectivity index (χ1) is 22.0. The van der Waals surface area contributed by atoms with Crippen LogP contribution in [0, 0.1) is 10.1 Å². The summed E-state index contributed by atoms with van der Waals surface area (Å²) in [6.45, 7) is 5.78. The summed E-state index contributed by atoms with van der Waals surface area (Å²) < 4.78 is 16.1. The van der Waals surface area contributed by atoms with E-state index in [1.54, 1.807) is 50.6 Å². The summed E-state index contributed by atoms with van der Waals surface area (Å²) in [4.78, 5) is 43.7. The second kappa shape index (κ2) is 12.5. The highest BCUT2D eigenvalue weighted by molar-refractivity contribution is 9.10. The summed E-state index contributed by atoms with van der Waals surface area (Å²) in [5.74, 6) is -0.0338. The summed E-state index contributed by atoms with van der Waals surface area (Å²) in [6.07, 6.45) is 3.44. The number of thiazole rings is 1. The summed E-state index contributed by atoms with van der Waals surface area (Å²) in [5.41, 5.74) is 3.76. The fraction of sp³-hybridized carbons (Fsp3) is 0.206. The van der Waals surface area contributed by atoms with Crippen LogP contribution in [0.4, 0.5) is 5.69 Å². The van der Waals surface area contributed by atoms with Crippen LogP contribution in [-0.4, -0.2) is 33.2 Å². The predicted octanol–water partition coefficient (Wildman–Crippen LogP) is 5.87. The van der Waals surface area contributed by atoms with E-state index in [9.17, 15) is 19.7 Å². The second-order valence-corrected chi connectivity index (χ2v) is 13.0. The van der Waals surface area contributed by atoms with Gasteiger partial charge in [-0.05, 0) is 56.7 Å². The van der Waals surface area contributed by atoms with Crippen LogP contribution in [0.3, 0.4) is 0 Å². The minimum atomic E-state index is -0.833. The Labute approximate surface area is 275 Å². The van der Waals surface area contributed by atoms with Crippen molar-refractivity contribution in [3.8, 4) is 5.75 Å². The molecule has 1 aliphatic rings. The molecule has 0 unspecified atom stereocenters. The minimum Gasteiger partial charge on any atom is -0.496 e. The highest BCUT2D eigenvalue weighted by Gasteiger charge is 2.35. The van der Waals surface area contributed by atoms with Crippen molar-refractivity contribution in [2.45, 2.75) is 39.5 Å². The zero-order valence-electron chi connectivity index (χ0n) is 25.4. The van der Waals surface area contributed by atoms with E-state index in [1.165, 1.54) is 23.5 Å². The van der Waals surface area contributed by atoms with Crippen molar-refractivity contribution in [1.82, 2.24) is 9.13 Å². The number of carbonyl (C=O) groups excluding carboxylic acids is 1. The van der Waals surface area contributed by atoms with Gasteiger partial charge >= 0.3 is 5.97 Å². The first-order valence-corrected chi connectivity index (χ1v) is 16.0. The van der Waals surface area contributed by atoms with E-state index in [0.717, 1.165) is 26.5 Å². The maximum absolute atomic E-state index is 14.3. The third-order valence-corrected chi connectivity index (χ3v) is 9.15. The molecule has 0 spiro atoms. The molecule has 46 heavy (non-hydrogen) atoms. The van der Waals surface area contributed by atoms with Gasteiger partial charge in [0, 0.05) is 51.4 Å². The fourth-order valence-electron chi connectivity index (χ4n) is 5.66. The van der Waals surface area contributed by atoms with Gasteiger partial charge in [0.25, 0.3) is 11.2 Å². The Balaban J connectivity index is 1.51. The predicted molar refractivity (Wildman–Crippen MR) is 180 cm³/mol. The lowest BCUT2D eigenvalue weighted by atomic mass is 9.95. The summed E-state index contributed by atoms with van der Waals surface area (Å²) in [6, 6.07) is 19.0. The zero-order valence-corrected chi connectivity index (χ0v) is 27.8. The van der Waals surface area contributed by atoms with Crippen LogP contribution >= 0.6 is 27.3 Å². The minimum absolute atomic E-state index is 0.0341. The van der Waals surface area contributed by atoms with Gasteiger partial charge in [-0.1, -0.05) is 57.6 Å². The number of nitro benzene ring substituents is 1. The van der Waals surface area contributed by atoms with Crippen molar-refractivity contribution >= 4 is 55.9 Å². The highest BCUT2D eigenvalue weighted by atomic mass is 79.9. The van der Waals surface area contributed by atoms with E-state index in [-0.39, 0.29) is 22.9 Å². The van der Waals surface area contributed by atoms with E-state index < -0.39 is 16.9 Å². The largest absolute Gasteiger partial charge is 0.496 e. The van der Waals surface area contributed by atoms with Crippen molar-refractivity contribution in [1.29, 1.82) is 0 Å². The van der Waals surface area contributed by atoms with Crippen LogP contribution in [0.25, 0.3) is 17.0 Å². The molecule has 1 aliphatic heterocycles. The van der Waals surface area contributed by atoms with Crippen LogP contribution in [-0.2, 0) is 16.1 Å². The lowest BCUT2D eigenvalue weighted by Crippen LogP contribution is -2.40. The highest BCUT2D eigenvalue weighted by Crippen LogP contribution is 2.37. The van der Waals surface area contributed by atoms with Gasteiger partial charge in [0.1, 0.15) is 11.8 Å². The Hall–Kier alpha value is -4.81. The second-order valence-electron chi connectivity index (χ2n) is 11.1. The van der Waals surface area contributed by atoms with E-state index in [1.807, 2.05) is 48.7 Å². The number of hydrogen-bond acceptors (Lipinski definition) is 8. The van der Waals surface area contributed by atoms with E-state index in [0.29, 0.717) is 32.9 Å². The summed E-state index contributed by atoms with van der Waals surface area (Å²) in [5, 5.41) is 12.1. The van der Waals surface area contributed by atoms with Gasteiger partial charge in [0.15, 0.2) is 4.80 Å². The lowest BCUT2D eigenvalue weighted by Gasteiger charge is -2.26. The SMILES string of the molecule is COc1ccc(Br)cc1[C@@H]1C(C(=O)OC(C)C)=C(C)N=c2s/c(=C\c3cn(Cc4ccc([N+](=O)[O-])cc4)c4ccccc34)c(=O)n21. The van der Waals surface area contributed by atoms with Gasteiger partial charge in [0.05, 0.1) is 33.9 Å². The molecule has 0 saturated heterocycles. The zero-order chi connectivity index (χ0) is 32.7. The summed E-state index contributed by atoms with van der Waals surface area (Å²) >= 11 is 4.78. The van der Waals surface area contributed by atoms with Gasteiger partial charge in [-0.3, -0.25) is 19.5 Å². The number of aromatic nitrogens is 2. The van der Waals surface area contributed by atoms with Crippen LogP contribution < -0.4 is 19.6 Å². The molecule has 12 heteroatoms. The maximum atomic E-state index is 14.3.